The summed E-state index contributed by atoms with van der Waals surface area (Å²) in [7, 11) is 0. The zero-order valence-corrected chi connectivity index (χ0v) is 14.3. The number of hydrogen-bond donors (Lipinski definition) is 1. The fourth-order valence-corrected chi connectivity index (χ4v) is 2.52. The van der Waals surface area contributed by atoms with Gasteiger partial charge in [0.1, 0.15) is 5.56 Å². The van der Waals surface area contributed by atoms with Gasteiger partial charge in [-0.25, -0.2) is 0 Å². The molecule has 0 aliphatic carbocycles. The SMILES string of the molecule is Cc1c(Cl)c(C(F)(F)F)nn1CCCNC(=O)c1ccccc1[N+](=O)[O-]. The first-order valence-electron chi connectivity index (χ1n) is 7.44. The molecular weight excluding hydrogens is 377 g/mol. The second-order valence-corrected chi connectivity index (χ2v) is 5.73. The molecule has 0 saturated heterocycles. The van der Waals surface area contributed by atoms with E-state index in [0.29, 0.717) is 0 Å². The van der Waals surface area contributed by atoms with Gasteiger partial charge in [0.25, 0.3) is 11.6 Å². The smallest absolute Gasteiger partial charge is 0.352 e. The zero-order valence-electron chi connectivity index (χ0n) is 13.5. The highest BCUT2D eigenvalue weighted by molar-refractivity contribution is 6.31. The molecule has 11 heteroatoms. The minimum Gasteiger partial charge on any atom is -0.352 e. The van der Waals surface area contributed by atoms with Crippen LogP contribution in [0, 0.1) is 17.0 Å². The van der Waals surface area contributed by atoms with E-state index in [1.807, 2.05) is 0 Å². The number of nitro benzene ring substituents is 1. The molecule has 1 heterocycles. The highest BCUT2D eigenvalue weighted by atomic mass is 35.5. The number of benzene rings is 1. The molecule has 1 N–H and O–H groups in total. The zero-order chi connectivity index (χ0) is 19.5. The van der Waals surface area contributed by atoms with Crippen LogP contribution in [0.25, 0.3) is 0 Å². The average Bonchev–Trinajstić information content (AvgIpc) is 2.87. The maximum Gasteiger partial charge on any atom is 0.436 e. The van der Waals surface area contributed by atoms with Crippen LogP contribution in [0.3, 0.4) is 0 Å². The Bertz CT molecular complexity index is 836. The summed E-state index contributed by atoms with van der Waals surface area (Å²) in [5.41, 5.74) is -1.39. The topological polar surface area (TPSA) is 90.1 Å². The van der Waals surface area contributed by atoms with Gasteiger partial charge in [0, 0.05) is 19.2 Å². The lowest BCUT2D eigenvalue weighted by Gasteiger charge is -2.07. The predicted octanol–water partition coefficient (Wildman–Crippen LogP) is 3.59. The molecule has 0 saturated carbocycles. The number of rotatable bonds is 6. The first-order valence-corrected chi connectivity index (χ1v) is 7.82. The number of carbonyl (C=O) groups excluding carboxylic acids is 1. The van der Waals surface area contributed by atoms with Crippen LogP contribution < -0.4 is 5.32 Å². The third-order valence-electron chi connectivity index (χ3n) is 3.58. The molecule has 0 fully saturated rings. The monoisotopic (exact) mass is 390 g/mol. The van der Waals surface area contributed by atoms with Crippen LogP contribution >= 0.6 is 11.6 Å². The number of para-hydroxylation sites is 1. The van der Waals surface area contributed by atoms with E-state index in [1.165, 1.54) is 31.2 Å². The van der Waals surface area contributed by atoms with Crippen LogP contribution in [0.15, 0.2) is 24.3 Å². The Kier molecular flexibility index (Phi) is 5.86. The number of halogens is 4. The minimum atomic E-state index is -4.65. The Morgan fingerprint density at radius 1 is 1.38 bits per heavy atom. The predicted molar refractivity (Wildman–Crippen MR) is 87.0 cm³/mol. The van der Waals surface area contributed by atoms with Crippen molar-refractivity contribution in [1.82, 2.24) is 15.1 Å². The van der Waals surface area contributed by atoms with Gasteiger partial charge in [-0.2, -0.15) is 18.3 Å². The van der Waals surface area contributed by atoms with Crippen molar-refractivity contribution in [2.24, 2.45) is 0 Å². The molecule has 1 aromatic heterocycles. The average molecular weight is 391 g/mol. The number of aryl methyl sites for hydroxylation is 1. The lowest BCUT2D eigenvalue weighted by Crippen LogP contribution is -2.26. The van der Waals surface area contributed by atoms with Crippen molar-refractivity contribution in [3.63, 3.8) is 0 Å². The molecule has 0 aliphatic rings. The second-order valence-electron chi connectivity index (χ2n) is 5.35. The van der Waals surface area contributed by atoms with Crippen LogP contribution in [0.4, 0.5) is 18.9 Å². The van der Waals surface area contributed by atoms with Crippen molar-refractivity contribution in [2.75, 3.05) is 6.54 Å². The van der Waals surface area contributed by atoms with Gasteiger partial charge in [0.15, 0.2) is 5.69 Å². The van der Waals surface area contributed by atoms with Crippen LogP contribution in [-0.4, -0.2) is 27.2 Å². The third-order valence-corrected chi connectivity index (χ3v) is 4.03. The Morgan fingerprint density at radius 3 is 2.62 bits per heavy atom. The van der Waals surface area contributed by atoms with Crippen LogP contribution in [-0.2, 0) is 12.7 Å². The van der Waals surface area contributed by atoms with Crippen molar-refractivity contribution in [3.8, 4) is 0 Å². The summed E-state index contributed by atoms with van der Waals surface area (Å²) in [4.78, 5) is 22.3. The molecule has 2 rings (SSSR count). The standard InChI is InChI=1S/C15H14ClF3N4O3/c1-9-12(16)13(15(17,18)19)21-22(9)8-4-7-20-14(24)10-5-2-3-6-11(10)23(25)26/h2-3,5-6H,4,7-8H2,1H3,(H,20,24). The molecule has 0 radical (unpaired) electrons. The molecular formula is C15H14ClF3N4O3. The third kappa shape index (κ3) is 4.31. The molecule has 7 nitrogen and oxygen atoms in total. The number of nitrogens with one attached hydrogen (secondary N) is 1. The molecule has 1 aromatic carbocycles. The van der Waals surface area contributed by atoms with Gasteiger partial charge in [-0.15, -0.1) is 0 Å². The van der Waals surface area contributed by atoms with Gasteiger partial charge >= 0.3 is 6.18 Å². The molecule has 2 aromatic rings. The van der Waals surface area contributed by atoms with E-state index in [9.17, 15) is 28.1 Å². The van der Waals surface area contributed by atoms with Gasteiger partial charge in [0.05, 0.1) is 15.6 Å². The summed E-state index contributed by atoms with van der Waals surface area (Å²) >= 11 is 5.65. The maximum absolute atomic E-state index is 12.8. The van der Waals surface area contributed by atoms with Crippen molar-refractivity contribution in [3.05, 3.63) is 56.4 Å². The lowest BCUT2D eigenvalue weighted by atomic mass is 10.1. The fraction of sp³-hybridized carbons (Fsp3) is 0.333. The lowest BCUT2D eigenvalue weighted by molar-refractivity contribution is -0.385. The molecule has 140 valence electrons. The minimum absolute atomic E-state index is 0.0878. The molecule has 0 atom stereocenters. The number of amides is 1. The molecule has 0 unspecified atom stereocenters. The number of aromatic nitrogens is 2. The van der Waals surface area contributed by atoms with Gasteiger partial charge in [-0.1, -0.05) is 23.7 Å². The van der Waals surface area contributed by atoms with Crippen molar-refractivity contribution in [1.29, 1.82) is 0 Å². The van der Waals surface area contributed by atoms with Gasteiger partial charge < -0.3 is 5.32 Å². The summed E-state index contributed by atoms with van der Waals surface area (Å²) in [6.07, 6.45) is -4.38. The van der Waals surface area contributed by atoms with Gasteiger partial charge in [-0.05, 0) is 19.4 Å². The first-order chi connectivity index (χ1) is 12.1. The highest BCUT2D eigenvalue weighted by Crippen LogP contribution is 2.35. The summed E-state index contributed by atoms with van der Waals surface area (Å²) in [6, 6.07) is 5.47. The summed E-state index contributed by atoms with van der Waals surface area (Å²) < 4.78 is 39.4. The number of nitrogens with zero attached hydrogens (tertiary/aromatic N) is 3. The maximum atomic E-state index is 12.8. The van der Waals surface area contributed by atoms with Crippen molar-refractivity contribution in [2.45, 2.75) is 26.1 Å². The Labute approximate surface area is 150 Å². The summed E-state index contributed by atoms with van der Waals surface area (Å²) in [5.74, 6) is -0.636. The van der Waals surface area contributed by atoms with Gasteiger partial charge in [0.2, 0.25) is 0 Å². The van der Waals surface area contributed by atoms with E-state index in [4.69, 9.17) is 11.6 Å². The Hall–Kier alpha value is -2.62. The molecule has 26 heavy (non-hydrogen) atoms. The summed E-state index contributed by atoms with van der Waals surface area (Å²) in [6.45, 7) is 1.61. The van der Waals surface area contributed by atoms with Crippen LogP contribution in [0.5, 0.6) is 0 Å². The normalized spacial score (nSPS) is 11.4. The van der Waals surface area contributed by atoms with E-state index in [2.05, 4.69) is 10.4 Å². The van der Waals surface area contributed by atoms with E-state index < -0.39 is 27.7 Å². The molecule has 1 amide bonds. The summed E-state index contributed by atoms with van der Waals surface area (Å²) in [5, 5.41) is 16.4. The second kappa shape index (κ2) is 7.73. The molecule has 0 spiro atoms. The number of carbonyl (C=O) groups is 1. The van der Waals surface area contributed by atoms with E-state index in [0.717, 1.165) is 4.68 Å². The first kappa shape index (κ1) is 19.7. The number of hydrogen-bond acceptors (Lipinski definition) is 4. The van der Waals surface area contributed by atoms with E-state index in [1.54, 1.807) is 0 Å². The fourth-order valence-electron chi connectivity index (χ4n) is 2.27. The van der Waals surface area contributed by atoms with Gasteiger partial charge in [-0.3, -0.25) is 19.6 Å². The van der Waals surface area contributed by atoms with Crippen molar-refractivity contribution >= 4 is 23.2 Å². The Morgan fingerprint density at radius 2 is 2.04 bits per heavy atom. The molecule has 0 bridgehead atoms. The van der Waals surface area contributed by atoms with Crippen LogP contribution in [0.1, 0.15) is 28.2 Å². The van der Waals surface area contributed by atoms with E-state index in [-0.39, 0.29) is 36.5 Å². The van der Waals surface area contributed by atoms with E-state index >= 15 is 0 Å². The van der Waals surface area contributed by atoms with Crippen molar-refractivity contribution < 1.29 is 22.9 Å². The highest BCUT2D eigenvalue weighted by Gasteiger charge is 2.38. The number of nitro groups is 1. The van der Waals surface area contributed by atoms with Crippen LogP contribution in [0.2, 0.25) is 5.02 Å². The Balaban J connectivity index is 1.96. The quantitative estimate of drug-likeness (QED) is 0.463. The number of alkyl halides is 3. The molecule has 0 aliphatic heterocycles. The largest absolute Gasteiger partial charge is 0.436 e.